The quantitative estimate of drug-likeness (QED) is 0.846. The van der Waals surface area contributed by atoms with Crippen molar-refractivity contribution in [2.45, 2.75) is 31.7 Å². The number of nitrogens with zero attached hydrogens (tertiary/aromatic N) is 4. The molecule has 4 rings (SSSR count). The zero-order valence-electron chi connectivity index (χ0n) is 14.5. The normalized spacial score (nSPS) is 23.1. The van der Waals surface area contributed by atoms with Gasteiger partial charge in [0.05, 0.1) is 0 Å². The number of hydrogen-bond donors (Lipinski definition) is 0. The molecule has 0 saturated carbocycles. The maximum atomic E-state index is 12.7. The molecule has 1 aromatic rings. The molecule has 4 heterocycles. The van der Waals surface area contributed by atoms with Gasteiger partial charge in [-0.15, -0.1) is 0 Å². The molecule has 130 valence electrons. The highest BCUT2D eigenvalue weighted by Crippen LogP contribution is 2.29. The van der Waals surface area contributed by atoms with Crippen LogP contribution in [0.25, 0.3) is 0 Å². The van der Waals surface area contributed by atoms with Crippen LogP contribution < -0.4 is 0 Å². The Labute approximate surface area is 143 Å². The van der Waals surface area contributed by atoms with E-state index in [1.54, 1.807) is 25.2 Å². The number of urea groups is 1. The minimum atomic E-state index is 0.0524. The summed E-state index contributed by atoms with van der Waals surface area (Å²) >= 11 is 0. The van der Waals surface area contributed by atoms with Crippen LogP contribution in [-0.2, 0) is 11.2 Å². The highest BCUT2D eigenvalue weighted by atomic mass is 16.2. The molecule has 1 aromatic heterocycles. The molecule has 3 fully saturated rings. The van der Waals surface area contributed by atoms with E-state index >= 15 is 0 Å². The number of pyridine rings is 1. The molecule has 3 saturated heterocycles. The average Bonchev–Trinajstić information content (AvgIpc) is 2.91. The number of aromatic nitrogens is 1. The molecule has 3 aliphatic rings. The topological polar surface area (TPSA) is 56.8 Å². The van der Waals surface area contributed by atoms with Gasteiger partial charge in [-0.3, -0.25) is 9.78 Å². The highest BCUT2D eigenvalue weighted by Gasteiger charge is 2.38. The van der Waals surface area contributed by atoms with Crippen LogP contribution in [0.5, 0.6) is 0 Å². The van der Waals surface area contributed by atoms with Crippen molar-refractivity contribution in [1.29, 1.82) is 0 Å². The van der Waals surface area contributed by atoms with Crippen molar-refractivity contribution < 1.29 is 9.59 Å². The number of carbonyl (C=O) groups is 2. The molecule has 0 aromatic carbocycles. The summed E-state index contributed by atoms with van der Waals surface area (Å²) in [6, 6.07) is 4.12. The summed E-state index contributed by atoms with van der Waals surface area (Å²) in [6.45, 7) is 2.21. The van der Waals surface area contributed by atoms with E-state index in [0.717, 1.165) is 37.9 Å². The first kappa shape index (κ1) is 16.7. The number of amides is 3. The molecule has 0 unspecified atom stereocenters. The minimum absolute atomic E-state index is 0.0524. The van der Waals surface area contributed by atoms with Crippen LogP contribution in [-0.4, -0.2) is 71.4 Å². The molecule has 2 atom stereocenters. The average molecular weight is 330 g/mol. The lowest BCUT2D eigenvalue weighted by atomic mass is 9.94. The lowest BCUT2D eigenvalue weighted by Crippen LogP contribution is -2.48. The summed E-state index contributed by atoms with van der Waals surface area (Å²) in [7, 11) is 3.57. The van der Waals surface area contributed by atoms with Crippen LogP contribution >= 0.6 is 0 Å². The van der Waals surface area contributed by atoms with E-state index in [2.05, 4.69) is 4.98 Å². The van der Waals surface area contributed by atoms with Gasteiger partial charge in [0.2, 0.25) is 5.91 Å². The molecule has 2 bridgehead atoms. The third-order valence-electron chi connectivity index (χ3n) is 5.04. The lowest BCUT2D eigenvalue weighted by Gasteiger charge is -2.36. The largest absolute Gasteiger partial charge is 0.338 e. The van der Waals surface area contributed by atoms with Crippen molar-refractivity contribution in [3.63, 3.8) is 0 Å². The summed E-state index contributed by atoms with van der Waals surface area (Å²) in [5, 5.41) is 0. The van der Waals surface area contributed by atoms with E-state index in [9.17, 15) is 9.59 Å². The molecule has 3 aliphatic heterocycles. The van der Waals surface area contributed by atoms with Gasteiger partial charge in [0, 0.05) is 58.6 Å². The van der Waals surface area contributed by atoms with Gasteiger partial charge >= 0.3 is 6.03 Å². The molecular formula is C18H26N4O2. The Morgan fingerprint density at radius 1 is 1.25 bits per heavy atom. The van der Waals surface area contributed by atoms with Gasteiger partial charge in [-0.2, -0.15) is 0 Å². The lowest BCUT2D eigenvalue weighted by molar-refractivity contribution is -0.135. The first-order valence-electron chi connectivity index (χ1n) is 8.69. The minimum Gasteiger partial charge on any atom is -0.338 e. The van der Waals surface area contributed by atoms with Crippen LogP contribution in [0.2, 0.25) is 0 Å². The number of carbonyl (C=O) groups excluding carboxylic acids is 2. The second-order valence-electron chi connectivity index (χ2n) is 7.09. The Morgan fingerprint density at radius 2 is 2.08 bits per heavy atom. The number of fused-ring (bicyclic) bond motifs is 4. The molecule has 0 aliphatic carbocycles. The molecule has 6 nitrogen and oxygen atoms in total. The maximum absolute atomic E-state index is 12.7. The zero-order valence-corrected chi connectivity index (χ0v) is 14.5. The summed E-state index contributed by atoms with van der Waals surface area (Å²) in [5.41, 5.74) is 1.09. The standard InChI is InChI=1S/C18H26N4O2/c1-20(2)18(24)21-11-15-5-7-16(13-21)22(12-15)17(23)8-6-14-4-3-9-19-10-14/h3-4,9-10,15-16H,5-8,11-13H2,1-2H3/t15-,16+/m0/s1. The van der Waals surface area contributed by atoms with Crippen molar-refractivity contribution in [3.8, 4) is 0 Å². The summed E-state index contributed by atoms with van der Waals surface area (Å²) in [5.74, 6) is 0.600. The number of aryl methyl sites for hydroxylation is 1. The first-order chi connectivity index (χ1) is 11.5. The van der Waals surface area contributed by atoms with E-state index in [1.165, 1.54) is 0 Å². The van der Waals surface area contributed by atoms with E-state index in [-0.39, 0.29) is 18.0 Å². The molecule has 24 heavy (non-hydrogen) atoms. The molecule has 6 heteroatoms. The fourth-order valence-corrected chi connectivity index (χ4v) is 3.77. The van der Waals surface area contributed by atoms with Crippen molar-refractivity contribution >= 4 is 11.9 Å². The smallest absolute Gasteiger partial charge is 0.319 e. The third-order valence-corrected chi connectivity index (χ3v) is 5.04. The third kappa shape index (κ3) is 3.68. The number of piperidine rings is 1. The van der Waals surface area contributed by atoms with Crippen LogP contribution in [0.3, 0.4) is 0 Å². The van der Waals surface area contributed by atoms with E-state index < -0.39 is 0 Å². The van der Waals surface area contributed by atoms with Gasteiger partial charge in [0.15, 0.2) is 0 Å². The van der Waals surface area contributed by atoms with Gasteiger partial charge < -0.3 is 14.7 Å². The number of rotatable bonds is 3. The first-order valence-corrected chi connectivity index (χ1v) is 8.69. The summed E-state index contributed by atoms with van der Waals surface area (Å²) in [4.78, 5) is 34.7. The van der Waals surface area contributed by atoms with Gasteiger partial charge in [-0.1, -0.05) is 6.07 Å². The van der Waals surface area contributed by atoms with Crippen LogP contribution in [0.1, 0.15) is 24.8 Å². The number of hydrogen-bond acceptors (Lipinski definition) is 3. The van der Waals surface area contributed by atoms with Crippen molar-refractivity contribution in [3.05, 3.63) is 30.1 Å². The summed E-state index contributed by atoms with van der Waals surface area (Å²) in [6.07, 6.45) is 6.90. The van der Waals surface area contributed by atoms with E-state index in [4.69, 9.17) is 0 Å². The summed E-state index contributed by atoms with van der Waals surface area (Å²) < 4.78 is 0. The van der Waals surface area contributed by atoms with E-state index in [1.807, 2.05) is 28.1 Å². The predicted octanol–water partition coefficient (Wildman–Crippen LogP) is 1.62. The van der Waals surface area contributed by atoms with Gasteiger partial charge in [0.1, 0.15) is 0 Å². The second kappa shape index (κ2) is 7.20. The van der Waals surface area contributed by atoms with Crippen molar-refractivity contribution in [2.75, 3.05) is 33.7 Å². The molecular weight excluding hydrogens is 304 g/mol. The molecule has 3 amide bonds. The maximum Gasteiger partial charge on any atom is 0.319 e. The van der Waals surface area contributed by atoms with Gasteiger partial charge in [-0.05, 0) is 36.8 Å². The van der Waals surface area contributed by atoms with Crippen molar-refractivity contribution in [2.24, 2.45) is 5.92 Å². The SMILES string of the molecule is CN(C)C(=O)N1C[C@@H]2CC[C@H](C1)N(C(=O)CCc1cccnc1)C2. The van der Waals surface area contributed by atoms with Crippen LogP contribution in [0.15, 0.2) is 24.5 Å². The molecule has 0 spiro atoms. The van der Waals surface area contributed by atoms with Gasteiger partial charge in [-0.25, -0.2) is 4.79 Å². The Morgan fingerprint density at radius 3 is 2.79 bits per heavy atom. The van der Waals surface area contributed by atoms with Gasteiger partial charge in [0.25, 0.3) is 0 Å². The fraction of sp³-hybridized carbons (Fsp3) is 0.611. The fourth-order valence-electron chi connectivity index (χ4n) is 3.77. The monoisotopic (exact) mass is 330 g/mol. The molecule has 0 N–H and O–H groups in total. The Kier molecular flexibility index (Phi) is 5.02. The van der Waals surface area contributed by atoms with Crippen LogP contribution in [0, 0.1) is 5.92 Å². The molecule has 0 radical (unpaired) electrons. The zero-order chi connectivity index (χ0) is 17.1. The predicted molar refractivity (Wildman–Crippen MR) is 91.4 cm³/mol. The van der Waals surface area contributed by atoms with E-state index in [0.29, 0.717) is 18.9 Å². The van der Waals surface area contributed by atoms with Crippen LogP contribution in [0.4, 0.5) is 4.79 Å². The Balaban J connectivity index is 1.62. The second-order valence-corrected chi connectivity index (χ2v) is 7.09. The highest BCUT2D eigenvalue weighted by molar-refractivity contribution is 5.78. The van der Waals surface area contributed by atoms with Crippen molar-refractivity contribution in [1.82, 2.24) is 19.7 Å². The Hall–Kier alpha value is -2.11. The Bertz CT molecular complexity index is 590.